The predicted octanol–water partition coefficient (Wildman–Crippen LogP) is 3.99. The molecule has 0 fully saturated rings. The van der Waals surface area contributed by atoms with Crippen LogP contribution in [-0.4, -0.2) is 19.1 Å². The minimum absolute atomic E-state index is 0.0679. The number of ether oxygens (including phenoxy) is 1. The Balaban J connectivity index is 1.90. The molecule has 0 saturated carbocycles. The SMILES string of the molecule is CCOc1ccc(C(=O)N2CCCc3ccccc32)cc1C. The second-order valence-corrected chi connectivity index (χ2v) is 5.60. The molecule has 0 aliphatic carbocycles. The molecule has 1 aliphatic rings. The molecule has 1 aliphatic heterocycles. The average Bonchev–Trinajstić information content (AvgIpc) is 2.55. The molecule has 114 valence electrons. The van der Waals surface area contributed by atoms with Crippen LogP contribution in [0.1, 0.15) is 34.8 Å². The molecule has 0 spiro atoms. The van der Waals surface area contributed by atoms with E-state index >= 15 is 0 Å². The molecule has 1 amide bonds. The molecular weight excluding hydrogens is 274 g/mol. The van der Waals surface area contributed by atoms with Crippen LogP contribution in [0.2, 0.25) is 0 Å². The van der Waals surface area contributed by atoms with Crippen molar-refractivity contribution in [2.75, 3.05) is 18.1 Å². The second kappa shape index (κ2) is 6.22. The lowest BCUT2D eigenvalue weighted by Crippen LogP contribution is -2.35. The van der Waals surface area contributed by atoms with Crippen molar-refractivity contribution in [2.45, 2.75) is 26.7 Å². The van der Waals surface area contributed by atoms with E-state index in [1.807, 2.05) is 55.1 Å². The number of hydrogen-bond donors (Lipinski definition) is 0. The van der Waals surface area contributed by atoms with Crippen molar-refractivity contribution in [3.05, 3.63) is 59.2 Å². The van der Waals surface area contributed by atoms with Crippen molar-refractivity contribution in [1.82, 2.24) is 0 Å². The zero-order valence-electron chi connectivity index (χ0n) is 13.1. The van der Waals surface area contributed by atoms with E-state index in [1.165, 1.54) is 5.56 Å². The third-order valence-corrected chi connectivity index (χ3v) is 4.08. The molecule has 1 heterocycles. The van der Waals surface area contributed by atoms with Crippen LogP contribution in [0.3, 0.4) is 0 Å². The van der Waals surface area contributed by atoms with Gasteiger partial charge in [-0.05, 0) is 62.1 Å². The van der Waals surface area contributed by atoms with Gasteiger partial charge in [0.25, 0.3) is 5.91 Å². The van der Waals surface area contributed by atoms with Crippen LogP contribution < -0.4 is 9.64 Å². The van der Waals surface area contributed by atoms with Gasteiger partial charge < -0.3 is 9.64 Å². The van der Waals surface area contributed by atoms with E-state index in [4.69, 9.17) is 4.74 Å². The summed E-state index contributed by atoms with van der Waals surface area (Å²) in [7, 11) is 0. The first-order valence-corrected chi connectivity index (χ1v) is 7.84. The number of carbonyl (C=O) groups is 1. The van der Waals surface area contributed by atoms with E-state index in [1.54, 1.807) is 0 Å². The number of fused-ring (bicyclic) bond motifs is 1. The van der Waals surface area contributed by atoms with Crippen molar-refractivity contribution in [1.29, 1.82) is 0 Å². The van der Waals surface area contributed by atoms with Crippen LogP contribution >= 0.6 is 0 Å². The lowest BCUT2D eigenvalue weighted by Gasteiger charge is -2.29. The van der Waals surface area contributed by atoms with Crippen LogP contribution in [0.4, 0.5) is 5.69 Å². The van der Waals surface area contributed by atoms with Crippen LogP contribution in [0.15, 0.2) is 42.5 Å². The highest BCUT2D eigenvalue weighted by Crippen LogP contribution is 2.29. The summed E-state index contributed by atoms with van der Waals surface area (Å²) in [6, 6.07) is 13.8. The fourth-order valence-corrected chi connectivity index (χ4v) is 3.00. The third kappa shape index (κ3) is 2.71. The average molecular weight is 295 g/mol. The number of anilines is 1. The highest BCUT2D eigenvalue weighted by Gasteiger charge is 2.23. The van der Waals surface area contributed by atoms with Gasteiger partial charge in [-0.1, -0.05) is 18.2 Å². The molecule has 22 heavy (non-hydrogen) atoms. The van der Waals surface area contributed by atoms with Gasteiger partial charge in [-0.2, -0.15) is 0 Å². The molecule has 0 saturated heterocycles. The number of rotatable bonds is 3. The van der Waals surface area contributed by atoms with Crippen molar-refractivity contribution >= 4 is 11.6 Å². The van der Waals surface area contributed by atoms with Crippen LogP contribution in [0, 0.1) is 6.92 Å². The van der Waals surface area contributed by atoms with Crippen LogP contribution in [0.25, 0.3) is 0 Å². The number of para-hydroxylation sites is 1. The number of carbonyl (C=O) groups excluding carboxylic acids is 1. The van der Waals surface area contributed by atoms with E-state index in [2.05, 4.69) is 6.07 Å². The Hall–Kier alpha value is -2.29. The minimum Gasteiger partial charge on any atom is -0.494 e. The van der Waals surface area contributed by atoms with E-state index in [0.717, 1.165) is 42.0 Å². The molecule has 0 aromatic heterocycles. The van der Waals surface area contributed by atoms with Gasteiger partial charge in [0.15, 0.2) is 0 Å². The smallest absolute Gasteiger partial charge is 0.258 e. The number of benzene rings is 2. The lowest BCUT2D eigenvalue weighted by atomic mass is 10.0. The number of nitrogens with zero attached hydrogens (tertiary/aromatic N) is 1. The standard InChI is InChI=1S/C19H21NO2/c1-3-22-18-11-10-16(13-14(18)2)19(21)20-12-6-8-15-7-4-5-9-17(15)20/h4-5,7,9-11,13H,3,6,8,12H2,1-2H3. The summed E-state index contributed by atoms with van der Waals surface area (Å²) in [5.74, 6) is 0.913. The summed E-state index contributed by atoms with van der Waals surface area (Å²) in [5.41, 5.74) is 4.02. The van der Waals surface area contributed by atoms with Gasteiger partial charge in [0.05, 0.1) is 6.61 Å². The first-order chi connectivity index (χ1) is 10.7. The van der Waals surface area contributed by atoms with Crippen LogP contribution in [0.5, 0.6) is 5.75 Å². The molecule has 0 atom stereocenters. The number of amides is 1. The molecule has 2 aromatic carbocycles. The highest BCUT2D eigenvalue weighted by molar-refractivity contribution is 6.07. The normalized spacial score (nSPS) is 13.6. The molecule has 3 nitrogen and oxygen atoms in total. The maximum atomic E-state index is 12.9. The van der Waals surface area contributed by atoms with E-state index in [-0.39, 0.29) is 5.91 Å². The Morgan fingerprint density at radius 3 is 2.82 bits per heavy atom. The van der Waals surface area contributed by atoms with E-state index < -0.39 is 0 Å². The van der Waals surface area contributed by atoms with Crippen molar-refractivity contribution in [3.8, 4) is 5.75 Å². The summed E-state index contributed by atoms with van der Waals surface area (Å²) in [4.78, 5) is 14.8. The van der Waals surface area contributed by atoms with E-state index in [9.17, 15) is 4.79 Å². The topological polar surface area (TPSA) is 29.5 Å². The predicted molar refractivity (Wildman–Crippen MR) is 88.8 cm³/mol. The second-order valence-electron chi connectivity index (χ2n) is 5.60. The summed E-state index contributed by atoms with van der Waals surface area (Å²) in [5, 5.41) is 0. The minimum atomic E-state index is 0.0679. The Kier molecular flexibility index (Phi) is 4.14. The monoisotopic (exact) mass is 295 g/mol. The van der Waals surface area contributed by atoms with Gasteiger partial charge in [-0.3, -0.25) is 4.79 Å². The summed E-state index contributed by atoms with van der Waals surface area (Å²) >= 11 is 0. The van der Waals surface area contributed by atoms with Gasteiger partial charge >= 0.3 is 0 Å². The maximum absolute atomic E-state index is 12.9. The van der Waals surface area contributed by atoms with Crippen LogP contribution in [-0.2, 0) is 6.42 Å². The maximum Gasteiger partial charge on any atom is 0.258 e. The van der Waals surface area contributed by atoms with E-state index in [0.29, 0.717) is 6.61 Å². The molecule has 3 rings (SSSR count). The van der Waals surface area contributed by atoms with Gasteiger partial charge in [0.2, 0.25) is 0 Å². The van der Waals surface area contributed by atoms with Crippen molar-refractivity contribution in [2.24, 2.45) is 0 Å². The Bertz CT molecular complexity index is 694. The van der Waals surface area contributed by atoms with Crippen molar-refractivity contribution in [3.63, 3.8) is 0 Å². The molecule has 0 radical (unpaired) electrons. The summed E-state index contributed by atoms with van der Waals surface area (Å²) in [6.07, 6.45) is 2.06. The van der Waals surface area contributed by atoms with Crippen molar-refractivity contribution < 1.29 is 9.53 Å². The highest BCUT2D eigenvalue weighted by atomic mass is 16.5. The summed E-state index contributed by atoms with van der Waals surface area (Å²) < 4.78 is 5.55. The van der Waals surface area contributed by atoms with Gasteiger partial charge in [0.1, 0.15) is 5.75 Å². The molecule has 3 heteroatoms. The number of hydrogen-bond acceptors (Lipinski definition) is 2. The molecular formula is C19H21NO2. The third-order valence-electron chi connectivity index (χ3n) is 4.08. The Morgan fingerprint density at radius 2 is 2.05 bits per heavy atom. The van der Waals surface area contributed by atoms with Gasteiger partial charge in [0, 0.05) is 17.8 Å². The Morgan fingerprint density at radius 1 is 1.23 bits per heavy atom. The molecule has 0 N–H and O–H groups in total. The zero-order chi connectivity index (χ0) is 15.5. The molecule has 0 unspecified atom stereocenters. The fourth-order valence-electron chi connectivity index (χ4n) is 3.00. The first kappa shape index (κ1) is 14.6. The Labute approximate surface area is 131 Å². The first-order valence-electron chi connectivity index (χ1n) is 7.84. The molecule has 2 aromatic rings. The summed E-state index contributed by atoms with van der Waals surface area (Å²) in [6.45, 7) is 5.35. The van der Waals surface area contributed by atoms with Gasteiger partial charge in [-0.25, -0.2) is 0 Å². The fraction of sp³-hybridized carbons (Fsp3) is 0.316. The van der Waals surface area contributed by atoms with Gasteiger partial charge in [-0.15, -0.1) is 0 Å². The molecule has 0 bridgehead atoms. The number of aryl methyl sites for hydroxylation is 2. The largest absolute Gasteiger partial charge is 0.494 e. The zero-order valence-corrected chi connectivity index (χ0v) is 13.1. The lowest BCUT2D eigenvalue weighted by molar-refractivity contribution is 0.0985. The quantitative estimate of drug-likeness (QED) is 0.857.